The molecule has 3 rings (SSSR count). The lowest BCUT2D eigenvalue weighted by molar-refractivity contribution is -0.157. The van der Waals surface area contributed by atoms with Gasteiger partial charge in [0.2, 0.25) is 0 Å². The summed E-state index contributed by atoms with van der Waals surface area (Å²) in [5.74, 6) is -2.04. The number of fused-ring (bicyclic) bond motifs is 2. The first-order valence-corrected chi connectivity index (χ1v) is 9.65. The van der Waals surface area contributed by atoms with Crippen LogP contribution in [0.3, 0.4) is 0 Å². The van der Waals surface area contributed by atoms with Gasteiger partial charge in [-0.1, -0.05) is 20.4 Å². The Balaban J connectivity index is 1.98. The molecule has 2 aliphatic heterocycles. The lowest BCUT2D eigenvalue weighted by Crippen LogP contribution is -2.38. The normalized spacial score (nSPS) is 39.2. The summed E-state index contributed by atoms with van der Waals surface area (Å²) in [7, 11) is 0. The Labute approximate surface area is 165 Å². The first kappa shape index (κ1) is 20.6. The van der Waals surface area contributed by atoms with Crippen molar-refractivity contribution in [2.75, 3.05) is 0 Å². The van der Waals surface area contributed by atoms with Gasteiger partial charge in [0.25, 0.3) is 0 Å². The van der Waals surface area contributed by atoms with Crippen LogP contribution >= 0.6 is 0 Å². The predicted molar refractivity (Wildman–Crippen MR) is 99.1 cm³/mol. The highest BCUT2D eigenvalue weighted by atomic mass is 16.6. The van der Waals surface area contributed by atoms with Crippen LogP contribution in [0.4, 0.5) is 0 Å². The Morgan fingerprint density at radius 1 is 1.32 bits per heavy atom. The van der Waals surface area contributed by atoms with E-state index < -0.39 is 35.8 Å². The van der Waals surface area contributed by atoms with E-state index in [4.69, 9.17) is 18.9 Å². The zero-order valence-corrected chi connectivity index (χ0v) is 17.0. The number of ether oxygens (including phenoxy) is 4. The number of hydrogen-bond acceptors (Lipinski definition) is 7. The first-order valence-electron chi connectivity index (χ1n) is 9.65. The number of hydrogen-bond donors (Lipinski definition) is 0. The summed E-state index contributed by atoms with van der Waals surface area (Å²) in [5, 5.41) is 0. The minimum atomic E-state index is -0.637. The van der Waals surface area contributed by atoms with Gasteiger partial charge in [0.1, 0.15) is 18.3 Å². The van der Waals surface area contributed by atoms with E-state index in [-0.39, 0.29) is 29.5 Å². The topological polar surface area (TPSA) is 91.4 Å². The molecule has 6 atom stereocenters. The van der Waals surface area contributed by atoms with Gasteiger partial charge in [-0.2, -0.15) is 0 Å². The van der Waals surface area contributed by atoms with E-state index in [0.29, 0.717) is 12.8 Å². The number of carbonyl (C=O) groups is 3. The summed E-state index contributed by atoms with van der Waals surface area (Å²) in [6.07, 6.45) is 0.846. The molecule has 2 heterocycles. The van der Waals surface area contributed by atoms with Crippen LogP contribution in [0.2, 0.25) is 0 Å². The van der Waals surface area contributed by atoms with Crippen molar-refractivity contribution < 1.29 is 33.3 Å². The minimum absolute atomic E-state index is 0.136. The van der Waals surface area contributed by atoms with Crippen LogP contribution in [-0.2, 0) is 33.3 Å². The highest BCUT2D eigenvalue weighted by Crippen LogP contribution is 2.48. The Hall–Kier alpha value is -2.15. The van der Waals surface area contributed by atoms with Crippen molar-refractivity contribution in [1.82, 2.24) is 0 Å². The van der Waals surface area contributed by atoms with E-state index in [1.54, 1.807) is 19.9 Å². The van der Waals surface area contributed by atoms with Gasteiger partial charge < -0.3 is 18.9 Å². The first-order chi connectivity index (χ1) is 13.0. The van der Waals surface area contributed by atoms with Crippen LogP contribution in [0.15, 0.2) is 23.8 Å². The maximum atomic E-state index is 12.3. The molecule has 0 radical (unpaired) electrons. The van der Waals surface area contributed by atoms with Crippen molar-refractivity contribution in [3.8, 4) is 0 Å². The molecule has 2 saturated heterocycles. The second-order valence-electron chi connectivity index (χ2n) is 8.42. The standard InChI is InChI=1S/C21H28O7/c1-10(2)19(23)27-16-9-21(6)17(28-21)8-14(25-13(5)22)11(3)7-15-18(16)12(4)20(24)26-15/h7,10,14-18H,4,8-9H2,1-3,5-6H3/b11-7-/t14-,15-,16+,17+,18-,21-/m0/s1. The van der Waals surface area contributed by atoms with Gasteiger partial charge in [-0.3, -0.25) is 9.59 Å². The van der Waals surface area contributed by atoms with Gasteiger partial charge in [-0.25, -0.2) is 4.79 Å². The van der Waals surface area contributed by atoms with Crippen molar-refractivity contribution in [3.05, 3.63) is 23.8 Å². The summed E-state index contributed by atoms with van der Waals surface area (Å²) in [5.41, 5.74) is 0.511. The van der Waals surface area contributed by atoms with Crippen molar-refractivity contribution in [3.63, 3.8) is 0 Å². The summed E-state index contributed by atoms with van der Waals surface area (Å²) < 4.78 is 22.7. The highest BCUT2D eigenvalue weighted by Gasteiger charge is 2.58. The van der Waals surface area contributed by atoms with Gasteiger partial charge in [0.15, 0.2) is 0 Å². The summed E-state index contributed by atoms with van der Waals surface area (Å²) >= 11 is 0. The molecule has 0 saturated carbocycles. The van der Waals surface area contributed by atoms with Crippen LogP contribution in [0.1, 0.15) is 47.5 Å². The quantitative estimate of drug-likeness (QED) is 0.240. The van der Waals surface area contributed by atoms with E-state index in [1.165, 1.54) is 6.92 Å². The maximum Gasteiger partial charge on any atom is 0.334 e. The van der Waals surface area contributed by atoms with Gasteiger partial charge >= 0.3 is 17.9 Å². The molecule has 1 aliphatic carbocycles. The Bertz CT molecular complexity index is 737. The van der Waals surface area contributed by atoms with Gasteiger partial charge in [-0.15, -0.1) is 0 Å². The van der Waals surface area contributed by atoms with Crippen LogP contribution in [0, 0.1) is 11.8 Å². The average molecular weight is 392 g/mol. The van der Waals surface area contributed by atoms with Crippen molar-refractivity contribution >= 4 is 17.9 Å². The van der Waals surface area contributed by atoms with Crippen LogP contribution < -0.4 is 0 Å². The number of epoxide rings is 1. The summed E-state index contributed by atoms with van der Waals surface area (Å²) in [6, 6.07) is 0. The molecule has 28 heavy (non-hydrogen) atoms. The molecule has 7 nitrogen and oxygen atoms in total. The van der Waals surface area contributed by atoms with Crippen LogP contribution in [0.25, 0.3) is 0 Å². The smallest absolute Gasteiger partial charge is 0.334 e. The molecule has 0 aromatic carbocycles. The second-order valence-corrected chi connectivity index (χ2v) is 8.42. The molecule has 0 amide bonds. The summed E-state index contributed by atoms with van der Waals surface area (Å²) in [4.78, 5) is 36.1. The molecular formula is C21H28O7. The van der Waals surface area contributed by atoms with E-state index in [0.717, 1.165) is 5.57 Å². The van der Waals surface area contributed by atoms with Crippen molar-refractivity contribution in [2.45, 2.75) is 77.5 Å². The molecular weight excluding hydrogens is 364 g/mol. The van der Waals surface area contributed by atoms with Crippen LogP contribution in [-0.4, -0.2) is 47.9 Å². The zero-order valence-electron chi connectivity index (χ0n) is 17.0. The zero-order chi connectivity index (χ0) is 20.8. The number of carbonyl (C=O) groups excluding carboxylic acids is 3. The fourth-order valence-corrected chi connectivity index (χ4v) is 3.96. The third-order valence-corrected chi connectivity index (χ3v) is 5.71. The molecule has 7 heteroatoms. The molecule has 2 fully saturated rings. The van der Waals surface area contributed by atoms with E-state index in [2.05, 4.69) is 6.58 Å². The molecule has 0 N–H and O–H groups in total. The van der Waals surface area contributed by atoms with E-state index in [1.807, 2.05) is 13.8 Å². The molecule has 0 aromatic rings. The van der Waals surface area contributed by atoms with E-state index in [9.17, 15) is 14.4 Å². The predicted octanol–water partition coefficient (Wildman–Crippen LogP) is 2.48. The molecule has 0 unspecified atom stereocenters. The SMILES string of the molecule is C=C1C(=O)O[C@H]2/C=C(/C)[C@@H](OC(C)=O)C[C@H]3O[C@@]3(C)C[C@@H](OC(=O)C(C)C)[C@@H]12. The Morgan fingerprint density at radius 3 is 2.61 bits per heavy atom. The Morgan fingerprint density at radius 2 is 2.00 bits per heavy atom. The van der Waals surface area contributed by atoms with Crippen LogP contribution in [0.5, 0.6) is 0 Å². The van der Waals surface area contributed by atoms with E-state index >= 15 is 0 Å². The molecule has 0 spiro atoms. The third kappa shape index (κ3) is 3.99. The van der Waals surface area contributed by atoms with Gasteiger partial charge in [0, 0.05) is 25.3 Å². The fourth-order valence-electron chi connectivity index (χ4n) is 3.96. The molecule has 0 aromatic heterocycles. The molecule has 3 aliphatic rings. The Kier molecular flexibility index (Phi) is 5.40. The largest absolute Gasteiger partial charge is 0.461 e. The third-order valence-electron chi connectivity index (χ3n) is 5.71. The molecule has 0 bridgehead atoms. The monoisotopic (exact) mass is 392 g/mol. The van der Waals surface area contributed by atoms with Gasteiger partial charge in [-0.05, 0) is 25.5 Å². The number of rotatable bonds is 3. The second kappa shape index (κ2) is 7.35. The molecule has 154 valence electrons. The number of esters is 3. The average Bonchev–Trinajstić information content (AvgIpc) is 3.11. The minimum Gasteiger partial charge on any atom is -0.461 e. The van der Waals surface area contributed by atoms with Crippen molar-refractivity contribution in [1.29, 1.82) is 0 Å². The lowest BCUT2D eigenvalue weighted by Gasteiger charge is -2.30. The van der Waals surface area contributed by atoms with Crippen molar-refractivity contribution in [2.24, 2.45) is 11.8 Å². The maximum absolute atomic E-state index is 12.3. The fraction of sp³-hybridized carbons (Fsp3) is 0.667. The van der Waals surface area contributed by atoms with Gasteiger partial charge in [0.05, 0.1) is 23.5 Å². The summed E-state index contributed by atoms with van der Waals surface area (Å²) in [6.45, 7) is 12.5. The highest BCUT2D eigenvalue weighted by molar-refractivity contribution is 5.91. The lowest BCUT2D eigenvalue weighted by atomic mass is 9.82.